The molecule has 4 heteroatoms. The topological polar surface area (TPSA) is 64.7 Å². The molecule has 1 aromatic carbocycles. The number of benzene rings is 1. The number of phenols is 1. The van der Waals surface area contributed by atoms with Gasteiger partial charge in [-0.2, -0.15) is 0 Å². The van der Waals surface area contributed by atoms with Gasteiger partial charge in [-0.25, -0.2) is 0 Å². The molecular formula is C9H13NO3. The molecule has 13 heavy (non-hydrogen) atoms. The van der Waals surface area contributed by atoms with Gasteiger partial charge in [-0.15, -0.1) is 0 Å². The molecule has 0 atom stereocenters. The SMILES string of the molecule is COc1cc(N)c(OC)c(C)c1O. The molecule has 4 nitrogen and oxygen atoms in total. The van der Waals surface area contributed by atoms with Gasteiger partial charge >= 0.3 is 0 Å². The van der Waals surface area contributed by atoms with Crippen molar-refractivity contribution in [1.82, 2.24) is 0 Å². The van der Waals surface area contributed by atoms with Crippen molar-refractivity contribution in [3.8, 4) is 17.2 Å². The lowest BCUT2D eigenvalue weighted by Crippen LogP contribution is -1.97. The molecule has 0 fully saturated rings. The van der Waals surface area contributed by atoms with Crippen LogP contribution in [-0.4, -0.2) is 19.3 Å². The van der Waals surface area contributed by atoms with Gasteiger partial charge in [0.1, 0.15) is 5.75 Å². The monoisotopic (exact) mass is 183 g/mol. The molecule has 0 aliphatic carbocycles. The fourth-order valence-electron chi connectivity index (χ4n) is 1.21. The third-order valence-electron chi connectivity index (χ3n) is 1.90. The van der Waals surface area contributed by atoms with E-state index in [-0.39, 0.29) is 5.75 Å². The summed E-state index contributed by atoms with van der Waals surface area (Å²) in [5, 5.41) is 9.57. The van der Waals surface area contributed by atoms with E-state index in [0.717, 1.165) is 0 Å². The van der Waals surface area contributed by atoms with E-state index in [1.807, 2.05) is 0 Å². The van der Waals surface area contributed by atoms with Crippen LogP contribution in [0.3, 0.4) is 0 Å². The van der Waals surface area contributed by atoms with Gasteiger partial charge in [0.15, 0.2) is 11.5 Å². The number of ether oxygens (including phenoxy) is 2. The molecule has 0 saturated heterocycles. The predicted molar refractivity (Wildman–Crippen MR) is 50.4 cm³/mol. The first-order valence-electron chi connectivity index (χ1n) is 3.81. The first-order chi connectivity index (χ1) is 6.11. The highest BCUT2D eigenvalue weighted by Gasteiger charge is 2.13. The Kier molecular flexibility index (Phi) is 2.51. The van der Waals surface area contributed by atoms with Crippen molar-refractivity contribution in [2.45, 2.75) is 6.92 Å². The van der Waals surface area contributed by atoms with Crippen molar-refractivity contribution in [3.05, 3.63) is 11.6 Å². The normalized spacial score (nSPS) is 9.77. The van der Waals surface area contributed by atoms with Crippen LogP contribution in [0.4, 0.5) is 5.69 Å². The minimum absolute atomic E-state index is 0.0635. The Hall–Kier alpha value is -1.58. The maximum atomic E-state index is 9.57. The van der Waals surface area contributed by atoms with Crippen molar-refractivity contribution in [3.63, 3.8) is 0 Å². The van der Waals surface area contributed by atoms with Gasteiger partial charge in [0.25, 0.3) is 0 Å². The number of phenolic OH excluding ortho intramolecular Hbond substituents is 1. The largest absolute Gasteiger partial charge is 0.504 e. The number of anilines is 1. The van der Waals surface area contributed by atoms with Crippen molar-refractivity contribution in [2.24, 2.45) is 0 Å². The number of nitrogens with two attached hydrogens (primary N) is 1. The lowest BCUT2D eigenvalue weighted by atomic mass is 10.1. The summed E-state index contributed by atoms with van der Waals surface area (Å²) in [6.45, 7) is 1.72. The van der Waals surface area contributed by atoms with Crippen LogP contribution in [0.1, 0.15) is 5.56 Å². The third-order valence-corrected chi connectivity index (χ3v) is 1.90. The van der Waals surface area contributed by atoms with Gasteiger partial charge in [-0.3, -0.25) is 0 Å². The average molecular weight is 183 g/mol. The van der Waals surface area contributed by atoms with E-state index < -0.39 is 0 Å². The summed E-state index contributed by atoms with van der Waals surface area (Å²) in [7, 11) is 2.98. The second-order valence-electron chi connectivity index (χ2n) is 2.67. The van der Waals surface area contributed by atoms with Crippen LogP contribution in [0.5, 0.6) is 17.2 Å². The van der Waals surface area contributed by atoms with E-state index in [2.05, 4.69) is 0 Å². The molecule has 0 amide bonds. The van der Waals surface area contributed by atoms with Gasteiger partial charge in [0.2, 0.25) is 0 Å². The number of rotatable bonds is 2. The number of hydrogen-bond donors (Lipinski definition) is 2. The number of aromatic hydroxyl groups is 1. The van der Waals surface area contributed by atoms with E-state index in [4.69, 9.17) is 15.2 Å². The molecule has 0 aliphatic heterocycles. The maximum absolute atomic E-state index is 9.57. The van der Waals surface area contributed by atoms with Crippen molar-refractivity contribution >= 4 is 5.69 Å². The Bertz CT molecular complexity index is 323. The van der Waals surface area contributed by atoms with Crippen LogP contribution in [0.25, 0.3) is 0 Å². The van der Waals surface area contributed by atoms with Gasteiger partial charge in [-0.05, 0) is 6.92 Å². The Balaban J connectivity index is 3.37. The van der Waals surface area contributed by atoms with E-state index >= 15 is 0 Å². The molecule has 72 valence electrons. The number of hydrogen-bond acceptors (Lipinski definition) is 4. The quantitative estimate of drug-likeness (QED) is 0.535. The zero-order valence-corrected chi connectivity index (χ0v) is 7.92. The minimum Gasteiger partial charge on any atom is -0.504 e. The molecule has 0 radical (unpaired) electrons. The van der Waals surface area contributed by atoms with Crippen LogP contribution in [0.2, 0.25) is 0 Å². The summed E-state index contributed by atoms with van der Waals surface area (Å²) in [6.07, 6.45) is 0. The molecular weight excluding hydrogens is 170 g/mol. The Morgan fingerprint density at radius 3 is 2.38 bits per heavy atom. The number of methoxy groups -OCH3 is 2. The molecule has 0 heterocycles. The summed E-state index contributed by atoms with van der Waals surface area (Å²) in [5.74, 6) is 0.905. The van der Waals surface area contributed by atoms with Crippen LogP contribution >= 0.6 is 0 Å². The fourth-order valence-corrected chi connectivity index (χ4v) is 1.21. The Morgan fingerprint density at radius 1 is 1.31 bits per heavy atom. The summed E-state index contributed by atoms with van der Waals surface area (Å²) < 4.78 is 9.94. The zero-order valence-electron chi connectivity index (χ0n) is 7.92. The molecule has 3 N–H and O–H groups in total. The van der Waals surface area contributed by atoms with E-state index in [1.165, 1.54) is 20.3 Å². The zero-order chi connectivity index (χ0) is 10.0. The first-order valence-corrected chi connectivity index (χ1v) is 3.81. The van der Waals surface area contributed by atoms with Crippen LogP contribution in [0.15, 0.2) is 6.07 Å². The van der Waals surface area contributed by atoms with Crippen LogP contribution in [0, 0.1) is 6.92 Å². The molecule has 0 spiro atoms. The molecule has 0 unspecified atom stereocenters. The second-order valence-corrected chi connectivity index (χ2v) is 2.67. The standard InChI is InChI=1S/C9H13NO3/c1-5-8(11)7(12-2)4-6(10)9(5)13-3/h4,11H,10H2,1-3H3. The van der Waals surface area contributed by atoms with E-state index in [9.17, 15) is 5.11 Å². The van der Waals surface area contributed by atoms with Gasteiger partial charge in [-0.1, -0.05) is 0 Å². The summed E-state index contributed by atoms with van der Waals surface area (Å²) in [6, 6.07) is 1.53. The molecule has 1 aromatic rings. The summed E-state index contributed by atoms with van der Waals surface area (Å²) in [4.78, 5) is 0. The van der Waals surface area contributed by atoms with Gasteiger partial charge in [0, 0.05) is 11.6 Å². The molecule has 1 rings (SSSR count). The fraction of sp³-hybridized carbons (Fsp3) is 0.333. The second kappa shape index (κ2) is 3.43. The van der Waals surface area contributed by atoms with Crippen molar-refractivity contribution in [2.75, 3.05) is 20.0 Å². The smallest absolute Gasteiger partial charge is 0.164 e. The van der Waals surface area contributed by atoms with Gasteiger partial charge < -0.3 is 20.3 Å². The van der Waals surface area contributed by atoms with Crippen molar-refractivity contribution < 1.29 is 14.6 Å². The molecule has 0 bridgehead atoms. The Morgan fingerprint density at radius 2 is 1.92 bits per heavy atom. The minimum atomic E-state index is 0.0635. The van der Waals surface area contributed by atoms with Crippen molar-refractivity contribution in [1.29, 1.82) is 0 Å². The number of nitrogen functional groups attached to an aromatic ring is 1. The maximum Gasteiger partial charge on any atom is 0.164 e. The van der Waals surface area contributed by atoms with Crippen LogP contribution in [-0.2, 0) is 0 Å². The third kappa shape index (κ3) is 1.47. The van der Waals surface area contributed by atoms with Crippen LogP contribution < -0.4 is 15.2 Å². The summed E-state index contributed by atoms with van der Waals surface area (Å²) in [5.41, 5.74) is 6.70. The predicted octanol–water partition coefficient (Wildman–Crippen LogP) is 1.30. The highest BCUT2D eigenvalue weighted by molar-refractivity contribution is 5.66. The highest BCUT2D eigenvalue weighted by Crippen LogP contribution is 2.40. The summed E-state index contributed by atoms with van der Waals surface area (Å²) >= 11 is 0. The molecule has 0 aliphatic rings. The molecule has 0 aromatic heterocycles. The van der Waals surface area contributed by atoms with E-state index in [1.54, 1.807) is 6.92 Å². The van der Waals surface area contributed by atoms with Gasteiger partial charge in [0.05, 0.1) is 19.9 Å². The average Bonchev–Trinajstić information content (AvgIpc) is 2.12. The molecule has 0 saturated carbocycles. The first kappa shape index (κ1) is 9.51. The highest BCUT2D eigenvalue weighted by atomic mass is 16.5. The Labute approximate surface area is 76.9 Å². The van der Waals surface area contributed by atoms with E-state index in [0.29, 0.717) is 22.7 Å². The lowest BCUT2D eigenvalue weighted by Gasteiger charge is -2.12. The lowest BCUT2D eigenvalue weighted by molar-refractivity contribution is 0.363.